The Balaban J connectivity index is 2.23. The van der Waals surface area contributed by atoms with Gasteiger partial charge in [0.25, 0.3) is 0 Å². The molecule has 1 heterocycles. The molecule has 23 heavy (non-hydrogen) atoms. The third-order valence-electron chi connectivity index (χ3n) is 3.13. The Morgan fingerprint density at radius 3 is 2.83 bits per heavy atom. The molecule has 0 spiro atoms. The van der Waals surface area contributed by atoms with Crippen molar-refractivity contribution < 1.29 is 23.5 Å². The SMILES string of the molecule is CCOC(=O)C1=C(COc2ccc(Br)cc2F)NC(=O)N[C@H]1C. The van der Waals surface area contributed by atoms with Crippen LogP contribution in [0.3, 0.4) is 0 Å². The Morgan fingerprint density at radius 2 is 2.17 bits per heavy atom. The summed E-state index contributed by atoms with van der Waals surface area (Å²) in [6, 6.07) is 3.36. The van der Waals surface area contributed by atoms with Crippen molar-refractivity contribution in [1.82, 2.24) is 10.6 Å². The van der Waals surface area contributed by atoms with Gasteiger partial charge in [-0.15, -0.1) is 0 Å². The molecule has 2 N–H and O–H groups in total. The Hall–Kier alpha value is -2.09. The van der Waals surface area contributed by atoms with Gasteiger partial charge in [-0.05, 0) is 32.0 Å². The van der Waals surface area contributed by atoms with Crippen molar-refractivity contribution in [3.63, 3.8) is 0 Å². The lowest BCUT2D eigenvalue weighted by Gasteiger charge is -2.26. The normalized spacial score (nSPS) is 17.4. The number of nitrogens with one attached hydrogen (secondary N) is 2. The van der Waals surface area contributed by atoms with E-state index >= 15 is 0 Å². The number of ether oxygens (including phenoxy) is 2. The van der Waals surface area contributed by atoms with Crippen LogP contribution in [0.2, 0.25) is 0 Å². The molecule has 1 aliphatic rings. The van der Waals surface area contributed by atoms with E-state index in [9.17, 15) is 14.0 Å². The van der Waals surface area contributed by atoms with E-state index in [0.717, 1.165) is 0 Å². The minimum absolute atomic E-state index is 0.0179. The summed E-state index contributed by atoms with van der Waals surface area (Å²) in [4.78, 5) is 23.6. The van der Waals surface area contributed by atoms with E-state index in [-0.39, 0.29) is 30.2 Å². The van der Waals surface area contributed by atoms with E-state index < -0.39 is 23.9 Å². The first kappa shape index (κ1) is 17.3. The number of esters is 1. The van der Waals surface area contributed by atoms with Gasteiger partial charge in [-0.2, -0.15) is 0 Å². The van der Waals surface area contributed by atoms with E-state index in [4.69, 9.17) is 9.47 Å². The van der Waals surface area contributed by atoms with E-state index in [1.54, 1.807) is 19.9 Å². The first-order chi connectivity index (χ1) is 10.9. The molecule has 0 aromatic heterocycles. The molecule has 1 aromatic rings. The third-order valence-corrected chi connectivity index (χ3v) is 3.62. The molecule has 0 saturated heterocycles. The summed E-state index contributed by atoms with van der Waals surface area (Å²) in [5.41, 5.74) is 0.506. The fraction of sp³-hybridized carbons (Fsp3) is 0.333. The summed E-state index contributed by atoms with van der Waals surface area (Å²) in [5.74, 6) is -1.09. The molecule has 1 aliphatic heterocycles. The van der Waals surface area contributed by atoms with Crippen LogP contribution in [0.1, 0.15) is 13.8 Å². The number of hydrogen-bond acceptors (Lipinski definition) is 4. The van der Waals surface area contributed by atoms with Gasteiger partial charge in [-0.25, -0.2) is 14.0 Å². The van der Waals surface area contributed by atoms with Crippen LogP contribution in [-0.2, 0) is 9.53 Å². The molecule has 2 amide bonds. The number of urea groups is 1. The molecule has 0 bridgehead atoms. The van der Waals surface area contributed by atoms with Crippen molar-refractivity contribution >= 4 is 27.9 Å². The number of benzene rings is 1. The fourth-order valence-electron chi connectivity index (χ4n) is 2.14. The molecule has 0 aliphatic carbocycles. The molecule has 0 saturated carbocycles. The second-order valence-corrected chi connectivity index (χ2v) is 5.71. The third kappa shape index (κ3) is 4.22. The molecular formula is C15H16BrFN2O4. The summed E-state index contributed by atoms with van der Waals surface area (Å²) in [7, 11) is 0. The van der Waals surface area contributed by atoms with Gasteiger partial charge in [0.1, 0.15) is 6.61 Å². The zero-order valence-electron chi connectivity index (χ0n) is 12.6. The van der Waals surface area contributed by atoms with Gasteiger partial charge in [-0.1, -0.05) is 15.9 Å². The molecule has 0 fully saturated rings. The highest BCUT2D eigenvalue weighted by atomic mass is 79.9. The van der Waals surface area contributed by atoms with E-state index in [1.807, 2.05) is 0 Å². The van der Waals surface area contributed by atoms with Gasteiger partial charge in [0.2, 0.25) is 0 Å². The van der Waals surface area contributed by atoms with Crippen molar-refractivity contribution in [1.29, 1.82) is 0 Å². The van der Waals surface area contributed by atoms with Crippen LogP contribution in [0.15, 0.2) is 33.9 Å². The summed E-state index contributed by atoms with van der Waals surface area (Å²) in [6.07, 6.45) is 0. The number of hydrogen-bond donors (Lipinski definition) is 2. The smallest absolute Gasteiger partial charge is 0.338 e. The van der Waals surface area contributed by atoms with Gasteiger partial charge < -0.3 is 20.1 Å². The summed E-state index contributed by atoms with van der Waals surface area (Å²) < 4.78 is 24.7. The molecule has 0 radical (unpaired) electrons. The number of carbonyl (C=O) groups is 2. The average Bonchev–Trinajstić information content (AvgIpc) is 2.45. The van der Waals surface area contributed by atoms with Crippen molar-refractivity contribution in [3.05, 3.63) is 39.8 Å². The Bertz CT molecular complexity index is 663. The molecule has 2 rings (SSSR count). The first-order valence-electron chi connectivity index (χ1n) is 6.98. The van der Waals surface area contributed by atoms with Crippen LogP contribution in [-0.4, -0.2) is 31.3 Å². The highest BCUT2D eigenvalue weighted by molar-refractivity contribution is 9.10. The fourth-order valence-corrected chi connectivity index (χ4v) is 2.47. The van der Waals surface area contributed by atoms with E-state index in [2.05, 4.69) is 26.6 Å². The zero-order valence-corrected chi connectivity index (χ0v) is 14.2. The monoisotopic (exact) mass is 386 g/mol. The predicted molar refractivity (Wildman–Crippen MR) is 84.4 cm³/mol. The van der Waals surface area contributed by atoms with Crippen molar-refractivity contribution in [2.45, 2.75) is 19.9 Å². The molecule has 8 heteroatoms. The number of rotatable bonds is 5. The van der Waals surface area contributed by atoms with Gasteiger partial charge >= 0.3 is 12.0 Å². The molecule has 124 valence electrons. The highest BCUT2D eigenvalue weighted by Gasteiger charge is 2.30. The Kier molecular flexibility index (Phi) is 5.59. The number of amides is 2. The summed E-state index contributed by atoms with van der Waals surface area (Å²) >= 11 is 3.15. The van der Waals surface area contributed by atoms with Crippen LogP contribution in [0.25, 0.3) is 0 Å². The molecule has 6 nitrogen and oxygen atoms in total. The molecule has 1 aromatic carbocycles. The lowest BCUT2D eigenvalue weighted by atomic mass is 10.0. The summed E-state index contributed by atoms with van der Waals surface area (Å²) in [6.45, 7) is 3.39. The maximum Gasteiger partial charge on any atom is 0.338 e. The van der Waals surface area contributed by atoms with E-state index in [1.165, 1.54) is 12.1 Å². The molecular weight excluding hydrogens is 371 g/mol. The second kappa shape index (κ2) is 7.45. The summed E-state index contributed by atoms with van der Waals surface area (Å²) in [5, 5.41) is 5.08. The maximum atomic E-state index is 13.8. The van der Waals surface area contributed by atoms with Crippen LogP contribution < -0.4 is 15.4 Å². The van der Waals surface area contributed by atoms with Gasteiger partial charge in [0, 0.05) is 4.47 Å². The van der Waals surface area contributed by atoms with Crippen LogP contribution in [0, 0.1) is 5.82 Å². The number of halogens is 2. The highest BCUT2D eigenvalue weighted by Crippen LogP contribution is 2.23. The van der Waals surface area contributed by atoms with Gasteiger partial charge in [-0.3, -0.25) is 0 Å². The standard InChI is InChI=1S/C15H16BrFN2O4/c1-3-22-14(20)13-8(2)18-15(21)19-11(13)7-23-12-5-4-9(16)6-10(12)17/h4-6,8H,3,7H2,1-2H3,(H2,18,19,21)/t8-/m0/s1. The van der Waals surface area contributed by atoms with Crippen molar-refractivity contribution in [2.24, 2.45) is 0 Å². The first-order valence-corrected chi connectivity index (χ1v) is 7.77. The lowest BCUT2D eigenvalue weighted by molar-refractivity contribution is -0.139. The minimum atomic E-state index is -0.553. The molecule has 1 atom stereocenters. The molecule has 0 unspecified atom stereocenters. The minimum Gasteiger partial charge on any atom is -0.484 e. The van der Waals surface area contributed by atoms with Crippen molar-refractivity contribution in [2.75, 3.05) is 13.2 Å². The predicted octanol–water partition coefficient (Wildman–Crippen LogP) is 2.49. The van der Waals surface area contributed by atoms with Crippen molar-refractivity contribution in [3.8, 4) is 5.75 Å². The maximum absolute atomic E-state index is 13.8. The topological polar surface area (TPSA) is 76.7 Å². The lowest BCUT2D eigenvalue weighted by Crippen LogP contribution is -2.50. The second-order valence-electron chi connectivity index (χ2n) is 4.80. The van der Waals surface area contributed by atoms with E-state index in [0.29, 0.717) is 4.47 Å². The van der Waals surface area contributed by atoms with Gasteiger partial charge in [0.15, 0.2) is 11.6 Å². The van der Waals surface area contributed by atoms with Gasteiger partial charge in [0.05, 0.1) is 23.9 Å². The quantitative estimate of drug-likeness (QED) is 0.762. The zero-order chi connectivity index (χ0) is 17.0. The Labute approximate surface area is 141 Å². The van der Waals surface area contributed by atoms with Crippen LogP contribution in [0.4, 0.5) is 9.18 Å². The Morgan fingerprint density at radius 1 is 1.43 bits per heavy atom. The van der Waals surface area contributed by atoms with Crippen LogP contribution >= 0.6 is 15.9 Å². The largest absolute Gasteiger partial charge is 0.484 e. The van der Waals surface area contributed by atoms with Crippen LogP contribution in [0.5, 0.6) is 5.75 Å². The average molecular weight is 387 g/mol. The number of carbonyl (C=O) groups excluding carboxylic acids is 2.